The molecule has 2 aromatic carbocycles. The topological polar surface area (TPSA) is 63.1 Å². The van der Waals surface area contributed by atoms with Crippen molar-refractivity contribution in [3.05, 3.63) is 83.9 Å². The van der Waals surface area contributed by atoms with Gasteiger partial charge < -0.3 is 15.2 Å². The number of esters is 1. The van der Waals surface area contributed by atoms with Crippen LogP contribution >= 0.6 is 0 Å². The van der Waals surface area contributed by atoms with E-state index in [0.717, 1.165) is 25.1 Å². The van der Waals surface area contributed by atoms with Gasteiger partial charge in [0, 0.05) is 18.8 Å². The van der Waals surface area contributed by atoms with E-state index in [0.29, 0.717) is 17.5 Å². The molecule has 0 aromatic heterocycles. The summed E-state index contributed by atoms with van der Waals surface area (Å²) in [6, 6.07) is 18.0. The van der Waals surface area contributed by atoms with Crippen molar-refractivity contribution in [3.63, 3.8) is 0 Å². The molecule has 0 spiro atoms. The minimum absolute atomic E-state index is 0.174. The second-order valence-corrected chi connectivity index (χ2v) is 7.13. The summed E-state index contributed by atoms with van der Waals surface area (Å²) in [6.45, 7) is 8.22. The van der Waals surface area contributed by atoms with Crippen LogP contribution in [0.25, 0.3) is 0 Å². The molecule has 0 amide bonds. The van der Waals surface area contributed by atoms with Crippen LogP contribution in [0.2, 0.25) is 0 Å². The van der Waals surface area contributed by atoms with Crippen LogP contribution in [-0.4, -0.2) is 30.3 Å². The molecular formula is C23H28NO3+. The van der Waals surface area contributed by atoms with Crippen molar-refractivity contribution < 1.29 is 20.0 Å². The van der Waals surface area contributed by atoms with Crippen LogP contribution in [0.5, 0.6) is 0 Å². The maximum atomic E-state index is 13.1. The molecule has 2 aromatic rings. The van der Waals surface area contributed by atoms with Crippen molar-refractivity contribution in [2.24, 2.45) is 5.92 Å². The van der Waals surface area contributed by atoms with Crippen molar-refractivity contribution >= 4 is 5.97 Å². The van der Waals surface area contributed by atoms with E-state index in [4.69, 9.17) is 4.74 Å². The SMILES string of the molecule is C=C1CC(OC(=O)C(O)(c2ccccc2)c2ccccc2)C1CC[NH2+]CC. The Hall–Kier alpha value is -2.43. The first-order valence-corrected chi connectivity index (χ1v) is 9.61. The van der Waals surface area contributed by atoms with E-state index < -0.39 is 11.6 Å². The van der Waals surface area contributed by atoms with E-state index in [1.165, 1.54) is 0 Å². The number of hydrogen-bond donors (Lipinski definition) is 2. The van der Waals surface area contributed by atoms with Gasteiger partial charge in [0.05, 0.1) is 13.1 Å². The first-order chi connectivity index (χ1) is 13.1. The molecule has 3 N–H and O–H groups in total. The summed E-state index contributed by atoms with van der Waals surface area (Å²) in [5.41, 5.74) is 0.324. The fourth-order valence-corrected chi connectivity index (χ4v) is 3.65. The Labute approximate surface area is 160 Å². The zero-order chi connectivity index (χ0) is 19.3. The van der Waals surface area contributed by atoms with Gasteiger partial charge in [-0.05, 0) is 18.1 Å². The molecule has 3 rings (SSSR count). The fraction of sp³-hybridized carbons (Fsp3) is 0.348. The molecule has 0 radical (unpaired) electrons. The molecule has 0 aliphatic heterocycles. The summed E-state index contributed by atoms with van der Waals surface area (Å²) in [4.78, 5) is 13.1. The second kappa shape index (κ2) is 8.51. The molecule has 1 aliphatic carbocycles. The Bertz CT molecular complexity index is 733. The minimum atomic E-state index is -1.82. The van der Waals surface area contributed by atoms with Crippen LogP contribution in [0, 0.1) is 5.92 Å². The van der Waals surface area contributed by atoms with E-state index in [2.05, 4.69) is 18.8 Å². The Morgan fingerprint density at radius 2 is 1.70 bits per heavy atom. The zero-order valence-electron chi connectivity index (χ0n) is 15.8. The largest absolute Gasteiger partial charge is 0.459 e. The summed E-state index contributed by atoms with van der Waals surface area (Å²) in [5.74, 6) is -0.450. The molecular weight excluding hydrogens is 338 g/mol. The Morgan fingerprint density at radius 1 is 1.15 bits per heavy atom. The standard InChI is InChI=1S/C23H27NO3/c1-3-24-15-14-20-17(2)16-21(20)27-22(25)23(26,18-10-6-4-7-11-18)19-12-8-5-9-13-19/h4-13,20-21,24,26H,2-3,14-16H2,1H3/p+1. The third-order valence-electron chi connectivity index (χ3n) is 5.34. The lowest BCUT2D eigenvalue weighted by Crippen LogP contribution is -2.84. The van der Waals surface area contributed by atoms with Gasteiger partial charge in [-0.2, -0.15) is 0 Å². The zero-order valence-corrected chi connectivity index (χ0v) is 15.8. The van der Waals surface area contributed by atoms with Crippen molar-refractivity contribution in [3.8, 4) is 0 Å². The average molecular weight is 366 g/mol. The highest BCUT2D eigenvalue weighted by molar-refractivity contribution is 5.85. The number of aliphatic hydroxyl groups is 1. The second-order valence-electron chi connectivity index (χ2n) is 7.13. The van der Waals surface area contributed by atoms with Gasteiger partial charge >= 0.3 is 5.97 Å². The van der Waals surface area contributed by atoms with Crippen molar-refractivity contribution in [2.45, 2.75) is 31.5 Å². The van der Waals surface area contributed by atoms with E-state index in [-0.39, 0.29) is 12.0 Å². The molecule has 4 nitrogen and oxygen atoms in total. The predicted molar refractivity (Wildman–Crippen MR) is 105 cm³/mol. The number of carbonyl (C=O) groups excluding carboxylic acids is 1. The summed E-state index contributed by atoms with van der Waals surface area (Å²) in [5, 5.41) is 13.7. The predicted octanol–water partition coefficient (Wildman–Crippen LogP) is 2.38. The summed E-state index contributed by atoms with van der Waals surface area (Å²) < 4.78 is 5.81. The van der Waals surface area contributed by atoms with Crippen LogP contribution < -0.4 is 5.32 Å². The van der Waals surface area contributed by atoms with Crippen LogP contribution in [0.4, 0.5) is 0 Å². The van der Waals surface area contributed by atoms with Crippen LogP contribution in [0.15, 0.2) is 72.8 Å². The monoisotopic (exact) mass is 366 g/mol. The van der Waals surface area contributed by atoms with Crippen LogP contribution in [-0.2, 0) is 15.1 Å². The molecule has 1 aliphatic rings. The maximum absolute atomic E-state index is 13.1. The Kier molecular flexibility index (Phi) is 6.09. The number of nitrogens with two attached hydrogens (primary N) is 1. The molecule has 4 heteroatoms. The summed E-state index contributed by atoms with van der Waals surface area (Å²) in [6.07, 6.45) is 1.39. The van der Waals surface area contributed by atoms with E-state index in [1.807, 2.05) is 36.4 Å². The van der Waals surface area contributed by atoms with Gasteiger partial charge in [0.1, 0.15) is 6.10 Å². The highest BCUT2D eigenvalue weighted by Crippen LogP contribution is 2.40. The number of ether oxygens (including phenoxy) is 1. The lowest BCUT2D eigenvalue weighted by Gasteiger charge is -2.40. The normalized spacial score (nSPS) is 19.4. The van der Waals surface area contributed by atoms with Gasteiger partial charge in [0.15, 0.2) is 0 Å². The van der Waals surface area contributed by atoms with Crippen LogP contribution in [0.3, 0.4) is 0 Å². The average Bonchev–Trinajstić information content (AvgIpc) is 2.71. The minimum Gasteiger partial charge on any atom is -0.459 e. The first kappa shape index (κ1) is 19.3. The van der Waals surface area contributed by atoms with Gasteiger partial charge in [0.25, 0.3) is 0 Å². The highest BCUT2D eigenvalue weighted by Gasteiger charge is 2.46. The molecule has 2 unspecified atom stereocenters. The molecule has 0 saturated heterocycles. The number of carbonyl (C=O) groups is 1. The first-order valence-electron chi connectivity index (χ1n) is 9.61. The summed E-state index contributed by atoms with van der Waals surface area (Å²) >= 11 is 0. The highest BCUT2D eigenvalue weighted by atomic mass is 16.6. The third kappa shape index (κ3) is 3.97. The van der Waals surface area contributed by atoms with Crippen molar-refractivity contribution in [1.29, 1.82) is 0 Å². The Balaban J connectivity index is 1.81. The smallest absolute Gasteiger partial charge is 0.347 e. The summed E-state index contributed by atoms with van der Waals surface area (Å²) in [7, 11) is 0. The molecule has 2 atom stereocenters. The van der Waals surface area contributed by atoms with Crippen LogP contribution in [0.1, 0.15) is 30.9 Å². The van der Waals surface area contributed by atoms with Gasteiger partial charge in [-0.1, -0.05) is 72.8 Å². The Morgan fingerprint density at radius 3 is 2.19 bits per heavy atom. The number of rotatable bonds is 8. The number of benzene rings is 2. The van der Waals surface area contributed by atoms with E-state index in [1.54, 1.807) is 24.3 Å². The molecule has 142 valence electrons. The van der Waals surface area contributed by atoms with Gasteiger partial charge in [-0.25, -0.2) is 4.79 Å². The van der Waals surface area contributed by atoms with Gasteiger partial charge in [0.2, 0.25) is 5.60 Å². The maximum Gasteiger partial charge on any atom is 0.347 e. The third-order valence-corrected chi connectivity index (χ3v) is 5.34. The lowest BCUT2D eigenvalue weighted by atomic mass is 9.75. The quantitative estimate of drug-likeness (QED) is 0.428. The molecule has 1 fully saturated rings. The van der Waals surface area contributed by atoms with Gasteiger partial charge in [-0.3, -0.25) is 0 Å². The molecule has 1 saturated carbocycles. The van der Waals surface area contributed by atoms with Crippen molar-refractivity contribution in [2.75, 3.05) is 13.1 Å². The lowest BCUT2D eigenvalue weighted by molar-refractivity contribution is -0.652. The number of quaternary nitrogens is 1. The van der Waals surface area contributed by atoms with Crippen molar-refractivity contribution in [1.82, 2.24) is 0 Å². The van der Waals surface area contributed by atoms with Gasteiger partial charge in [-0.15, -0.1) is 0 Å². The molecule has 0 bridgehead atoms. The van der Waals surface area contributed by atoms with E-state index >= 15 is 0 Å². The number of hydrogen-bond acceptors (Lipinski definition) is 3. The molecule has 27 heavy (non-hydrogen) atoms. The molecule has 0 heterocycles. The fourth-order valence-electron chi connectivity index (χ4n) is 3.65. The van der Waals surface area contributed by atoms with E-state index in [9.17, 15) is 9.90 Å².